The summed E-state index contributed by atoms with van der Waals surface area (Å²) in [4.78, 5) is 39.8. The summed E-state index contributed by atoms with van der Waals surface area (Å²) in [6.07, 6.45) is -2.14. The molecule has 3 aliphatic carbocycles. The van der Waals surface area contributed by atoms with Crippen LogP contribution in [-0.4, -0.2) is 79.7 Å². The van der Waals surface area contributed by atoms with Crippen LogP contribution in [0.5, 0.6) is 5.75 Å². The van der Waals surface area contributed by atoms with E-state index in [0.717, 1.165) is 0 Å². The molecule has 7 N–H and O–H groups in total. The van der Waals surface area contributed by atoms with Gasteiger partial charge in [0.15, 0.2) is 17.2 Å². The van der Waals surface area contributed by atoms with Gasteiger partial charge in [0.2, 0.25) is 0 Å². The van der Waals surface area contributed by atoms with Gasteiger partial charge < -0.3 is 31.3 Å². The van der Waals surface area contributed by atoms with Crippen molar-refractivity contribution in [2.24, 2.45) is 23.5 Å². The van der Waals surface area contributed by atoms with Gasteiger partial charge in [-0.3, -0.25) is 19.3 Å². The molecule has 1 amide bonds. The fraction of sp³-hybridized carbons (Fsp3) is 0.500. The van der Waals surface area contributed by atoms with Crippen LogP contribution in [0.2, 0.25) is 0 Å². The average Bonchev–Trinajstić information content (AvgIpc) is 2.68. The van der Waals surface area contributed by atoms with E-state index in [2.05, 4.69) is 0 Å². The Labute approximate surface area is 183 Å². The molecule has 7 atom stereocenters. The predicted molar refractivity (Wildman–Crippen MR) is 109 cm³/mol. The Morgan fingerprint density at radius 2 is 1.75 bits per heavy atom. The topological polar surface area (TPSA) is 182 Å². The molecule has 0 saturated heterocycles. The fourth-order valence-corrected chi connectivity index (χ4v) is 5.97. The van der Waals surface area contributed by atoms with Gasteiger partial charge in [-0.1, -0.05) is 12.1 Å². The molecule has 10 heteroatoms. The predicted octanol–water partition coefficient (Wildman–Crippen LogP) is -1.05. The Balaban J connectivity index is 1.98. The number of phenolic OH excluding ortho intramolecular Hbond substituents is 1. The molecule has 32 heavy (non-hydrogen) atoms. The van der Waals surface area contributed by atoms with Crippen LogP contribution in [0, 0.1) is 17.8 Å². The zero-order chi connectivity index (χ0) is 23.9. The molecular formula is C22H26N2O8. The molecule has 172 valence electrons. The van der Waals surface area contributed by atoms with Crippen molar-refractivity contribution in [3.63, 3.8) is 0 Å². The standard InChI is InChI=1S/C22H26N2O8/c1-21(31)8-5-4-6-11(25)12(8)16(26)13-9(21)7-10-15(24(2)3)17(27)14(20(23)30)19(29)22(10,32)18(13)28/h4-6,9-10,13,15,18,25,28-29,31-32H,7H2,1-3H3,(H2,23,30)/t9-,10-,13+,15-,18-,21+,22-/m0/s1. The molecule has 0 heterocycles. The summed E-state index contributed by atoms with van der Waals surface area (Å²) in [6, 6.07) is 3.08. The third kappa shape index (κ3) is 2.57. The second-order valence-corrected chi connectivity index (χ2v) is 9.32. The number of ketones is 2. The molecule has 10 nitrogen and oxygen atoms in total. The van der Waals surface area contributed by atoms with E-state index >= 15 is 0 Å². The first-order valence-electron chi connectivity index (χ1n) is 10.2. The third-order valence-corrected chi connectivity index (χ3v) is 7.47. The largest absolute Gasteiger partial charge is 0.508 e. The Bertz CT molecular complexity index is 1080. The highest BCUT2D eigenvalue weighted by Gasteiger charge is 2.68. The van der Waals surface area contributed by atoms with Gasteiger partial charge in [0.1, 0.15) is 23.2 Å². The molecule has 4 rings (SSSR count). The van der Waals surface area contributed by atoms with Gasteiger partial charge >= 0.3 is 0 Å². The molecule has 3 aliphatic rings. The van der Waals surface area contributed by atoms with Crippen molar-refractivity contribution in [3.8, 4) is 5.75 Å². The molecule has 1 saturated carbocycles. The summed E-state index contributed by atoms with van der Waals surface area (Å²) in [5.41, 5.74) is 0.178. The van der Waals surface area contributed by atoms with Crippen molar-refractivity contribution < 1.29 is 39.9 Å². The van der Waals surface area contributed by atoms with Crippen LogP contribution in [0.1, 0.15) is 29.3 Å². The molecule has 0 radical (unpaired) electrons. The number of benzene rings is 1. The first-order valence-corrected chi connectivity index (χ1v) is 10.2. The number of aliphatic hydroxyl groups excluding tert-OH is 2. The van der Waals surface area contributed by atoms with E-state index < -0.39 is 75.7 Å². The Kier molecular flexibility index (Phi) is 4.80. The number of phenols is 1. The van der Waals surface area contributed by atoms with Crippen LogP contribution < -0.4 is 5.73 Å². The number of hydrogen-bond donors (Lipinski definition) is 6. The quantitative estimate of drug-likeness (QED) is 0.309. The van der Waals surface area contributed by atoms with Crippen molar-refractivity contribution in [2.45, 2.75) is 36.7 Å². The van der Waals surface area contributed by atoms with Gasteiger partial charge in [0.25, 0.3) is 5.91 Å². The SMILES string of the molecule is CN(C)[C@@H]1C(=O)C(C(N)=O)=C(O)[C@@]2(O)[C@@H](O)[C@H]3C(=O)c4c(O)cccc4[C@@](C)(O)[C@H]3C[C@@H]12. The normalized spacial score (nSPS) is 38.9. The number of amides is 1. The minimum atomic E-state index is -2.55. The van der Waals surface area contributed by atoms with E-state index in [1.165, 1.54) is 44.1 Å². The molecule has 1 aromatic carbocycles. The molecule has 0 unspecified atom stereocenters. The summed E-state index contributed by atoms with van der Waals surface area (Å²) < 4.78 is 0. The van der Waals surface area contributed by atoms with Crippen molar-refractivity contribution >= 4 is 17.5 Å². The van der Waals surface area contributed by atoms with E-state index in [1.807, 2.05) is 0 Å². The van der Waals surface area contributed by atoms with Crippen LogP contribution in [0.3, 0.4) is 0 Å². The Hall–Kier alpha value is -2.79. The number of fused-ring (bicyclic) bond motifs is 3. The van der Waals surface area contributed by atoms with Crippen molar-refractivity contribution in [3.05, 3.63) is 40.7 Å². The molecule has 1 fully saturated rings. The molecule has 0 aromatic heterocycles. The maximum Gasteiger partial charge on any atom is 0.255 e. The minimum absolute atomic E-state index is 0.142. The van der Waals surface area contributed by atoms with Crippen LogP contribution in [-0.2, 0) is 15.2 Å². The summed E-state index contributed by atoms with van der Waals surface area (Å²) >= 11 is 0. The average molecular weight is 446 g/mol. The first-order chi connectivity index (χ1) is 14.8. The lowest BCUT2D eigenvalue weighted by Gasteiger charge is -2.58. The van der Waals surface area contributed by atoms with Crippen molar-refractivity contribution in [1.82, 2.24) is 4.90 Å². The highest BCUT2D eigenvalue weighted by Crippen LogP contribution is 2.57. The van der Waals surface area contributed by atoms with Gasteiger partial charge in [0.05, 0.1) is 23.1 Å². The van der Waals surface area contributed by atoms with E-state index in [4.69, 9.17) is 5.73 Å². The maximum absolute atomic E-state index is 13.4. The lowest BCUT2D eigenvalue weighted by atomic mass is 9.50. The van der Waals surface area contributed by atoms with E-state index in [1.54, 1.807) is 0 Å². The van der Waals surface area contributed by atoms with Crippen molar-refractivity contribution in [1.29, 1.82) is 0 Å². The summed E-state index contributed by atoms with van der Waals surface area (Å²) in [5, 5.41) is 55.4. The lowest BCUT2D eigenvalue weighted by Crippen LogP contribution is -2.71. The smallest absolute Gasteiger partial charge is 0.255 e. The van der Waals surface area contributed by atoms with Gasteiger partial charge in [-0.05, 0) is 39.1 Å². The van der Waals surface area contributed by atoms with Crippen molar-refractivity contribution in [2.75, 3.05) is 14.1 Å². The van der Waals surface area contributed by atoms with E-state index in [-0.39, 0.29) is 17.5 Å². The number of primary amides is 1. The van der Waals surface area contributed by atoms with Crippen LogP contribution in [0.15, 0.2) is 29.5 Å². The zero-order valence-corrected chi connectivity index (χ0v) is 17.8. The van der Waals surface area contributed by atoms with Gasteiger partial charge in [0, 0.05) is 11.8 Å². The Morgan fingerprint density at radius 1 is 1.12 bits per heavy atom. The number of carbonyl (C=O) groups is 3. The maximum atomic E-state index is 13.4. The minimum Gasteiger partial charge on any atom is -0.508 e. The summed E-state index contributed by atoms with van der Waals surface area (Å²) in [7, 11) is 3.06. The second kappa shape index (κ2) is 6.85. The number of hydrogen-bond acceptors (Lipinski definition) is 9. The molecule has 0 bridgehead atoms. The Morgan fingerprint density at radius 3 is 2.31 bits per heavy atom. The van der Waals surface area contributed by atoms with Gasteiger partial charge in [-0.15, -0.1) is 0 Å². The molecule has 0 aliphatic heterocycles. The number of nitrogens with two attached hydrogens (primary N) is 1. The second-order valence-electron chi connectivity index (χ2n) is 9.32. The van der Waals surface area contributed by atoms with Crippen LogP contribution in [0.4, 0.5) is 0 Å². The number of rotatable bonds is 2. The third-order valence-electron chi connectivity index (χ3n) is 7.47. The highest BCUT2D eigenvalue weighted by molar-refractivity contribution is 6.22. The number of aromatic hydroxyl groups is 1. The van der Waals surface area contributed by atoms with Gasteiger partial charge in [-0.2, -0.15) is 0 Å². The molecule has 1 aromatic rings. The van der Waals surface area contributed by atoms with Crippen LogP contribution >= 0.6 is 0 Å². The summed E-state index contributed by atoms with van der Waals surface area (Å²) in [6.45, 7) is 1.44. The number of aliphatic hydroxyl groups is 4. The number of Topliss-reactive ketones (excluding diaryl/α,β-unsaturated/α-hetero) is 2. The first kappa shape index (κ1) is 22.4. The van der Waals surface area contributed by atoms with Gasteiger partial charge in [-0.25, -0.2) is 0 Å². The van der Waals surface area contributed by atoms with Crippen LogP contribution in [0.25, 0.3) is 0 Å². The van der Waals surface area contributed by atoms with E-state index in [0.29, 0.717) is 0 Å². The summed E-state index contributed by atoms with van der Waals surface area (Å²) in [5.74, 6) is -7.84. The lowest BCUT2D eigenvalue weighted by molar-refractivity contribution is -0.205. The monoisotopic (exact) mass is 446 g/mol. The molecular weight excluding hydrogens is 420 g/mol. The zero-order valence-electron chi connectivity index (χ0n) is 17.8. The molecule has 0 spiro atoms. The fourth-order valence-electron chi connectivity index (χ4n) is 5.97. The number of carbonyl (C=O) groups excluding carboxylic acids is 3. The van der Waals surface area contributed by atoms with E-state index in [9.17, 15) is 39.9 Å². The highest BCUT2D eigenvalue weighted by atomic mass is 16.4. The number of likely N-dealkylation sites (N-methyl/N-ethyl adjacent to an activating group) is 1. The number of nitrogens with zero attached hydrogens (tertiary/aromatic N) is 1.